The molecular weight excluding hydrogens is 361 g/mol. The lowest BCUT2D eigenvalue weighted by molar-refractivity contribution is -0.115. The SMILES string of the molecule is CCC(=O)Nc1sc(/C(C#N)=C/c2ccc(F)cc2)nc1-c1ccccc1. The molecule has 0 radical (unpaired) electrons. The maximum absolute atomic E-state index is 13.1. The number of halogens is 1. The third kappa shape index (κ3) is 4.46. The Morgan fingerprint density at radius 1 is 1.22 bits per heavy atom. The minimum atomic E-state index is -0.337. The van der Waals surface area contributed by atoms with Gasteiger partial charge >= 0.3 is 0 Å². The maximum Gasteiger partial charge on any atom is 0.224 e. The highest BCUT2D eigenvalue weighted by atomic mass is 32.1. The number of anilines is 1. The first-order valence-electron chi connectivity index (χ1n) is 8.34. The van der Waals surface area contributed by atoms with E-state index in [2.05, 4.69) is 16.4 Å². The van der Waals surface area contributed by atoms with Crippen molar-refractivity contribution in [2.24, 2.45) is 0 Å². The molecule has 1 N–H and O–H groups in total. The number of nitrogens with zero attached hydrogens (tertiary/aromatic N) is 2. The third-order valence-corrected chi connectivity index (χ3v) is 4.78. The van der Waals surface area contributed by atoms with Crippen molar-refractivity contribution in [3.8, 4) is 17.3 Å². The van der Waals surface area contributed by atoms with Gasteiger partial charge in [0.25, 0.3) is 0 Å². The van der Waals surface area contributed by atoms with Gasteiger partial charge in [-0.25, -0.2) is 9.37 Å². The normalized spacial score (nSPS) is 11.1. The topological polar surface area (TPSA) is 65.8 Å². The second kappa shape index (κ2) is 8.39. The summed E-state index contributed by atoms with van der Waals surface area (Å²) in [5.74, 6) is -0.459. The molecule has 0 unspecified atom stereocenters. The van der Waals surface area contributed by atoms with E-state index in [0.29, 0.717) is 33.3 Å². The number of allylic oxidation sites excluding steroid dienone is 1. The molecule has 0 atom stereocenters. The summed E-state index contributed by atoms with van der Waals surface area (Å²) < 4.78 is 13.1. The fourth-order valence-corrected chi connectivity index (χ4v) is 3.36. The Labute approximate surface area is 160 Å². The number of hydrogen-bond donors (Lipinski definition) is 1. The Hall–Kier alpha value is -3.30. The minimum Gasteiger partial charge on any atom is -0.316 e. The molecule has 0 aliphatic rings. The van der Waals surface area contributed by atoms with E-state index in [0.717, 1.165) is 5.56 Å². The zero-order valence-corrected chi connectivity index (χ0v) is 15.4. The van der Waals surface area contributed by atoms with Crippen LogP contribution in [0.5, 0.6) is 0 Å². The van der Waals surface area contributed by atoms with Crippen LogP contribution in [-0.4, -0.2) is 10.9 Å². The molecule has 0 bridgehead atoms. The molecule has 0 aliphatic carbocycles. The quantitative estimate of drug-likeness (QED) is 0.609. The number of thiazole rings is 1. The molecule has 2 aromatic carbocycles. The van der Waals surface area contributed by atoms with E-state index < -0.39 is 0 Å². The van der Waals surface area contributed by atoms with Crippen LogP contribution in [0.1, 0.15) is 23.9 Å². The fraction of sp³-hybridized carbons (Fsp3) is 0.0952. The molecule has 4 nitrogen and oxygen atoms in total. The van der Waals surface area contributed by atoms with E-state index in [-0.39, 0.29) is 11.7 Å². The average Bonchev–Trinajstić information content (AvgIpc) is 3.11. The lowest BCUT2D eigenvalue weighted by atomic mass is 10.1. The Bertz CT molecular complexity index is 1020. The van der Waals surface area contributed by atoms with Crippen LogP contribution in [0.2, 0.25) is 0 Å². The van der Waals surface area contributed by atoms with E-state index in [9.17, 15) is 14.4 Å². The van der Waals surface area contributed by atoms with Gasteiger partial charge in [-0.2, -0.15) is 5.26 Å². The van der Waals surface area contributed by atoms with Crippen LogP contribution >= 0.6 is 11.3 Å². The number of hydrogen-bond acceptors (Lipinski definition) is 4. The van der Waals surface area contributed by atoms with Crippen molar-refractivity contribution >= 4 is 33.9 Å². The van der Waals surface area contributed by atoms with Crippen molar-refractivity contribution in [1.29, 1.82) is 5.26 Å². The van der Waals surface area contributed by atoms with Gasteiger partial charge in [0.2, 0.25) is 5.91 Å². The maximum atomic E-state index is 13.1. The van der Waals surface area contributed by atoms with Gasteiger partial charge in [-0.3, -0.25) is 4.79 Å². The number of carbonyl (C=O) groups is 1. The molecule has 1 heterocycles. The van der Waals surface area contributed by atoms with Crippen LogP contribution in [0.15, 0.2) is 54.6 Å². The molecule has 0 saturated carbocycles. The largest absolute Gasteiger partial charge is 0.316 e. The number of amides is 1. The van der Waals surface area contributed by atoms with Gasteiger partial charge in [0.05, 0.1) is 5.57 Å². The molecular formula is C21H16FN3OS. The zero-order chi connectivity index (χ0) is 19.2. The second-order valence-electron chi connectivity index (χ2n) is 5.69. The molecule has 0 fully saturated rings. The van der Waals surface area contributed by atoms with E-state index in [1.165, 1.54) is 23.5 Å². The summed E-state index contributed by atoms with van der Waals surface area (Å²) in [4.78, 5) is 16.5. The van der Waals surface area contributed by atoms with Gasteiger partial charge in [-0.1, -0.05) is 60.7 Å². The highest BCUT2D eigenvalue weighted by Crippen LogP contribution is 2.36. The third-order valence-electron chi connectivity index (χ3n) is 3.78. The van der Waals surface area contributed by atoms with E-state index in [4.69, 9.17) is 0 Å². The second-order valence-corrected chi connectivity index (χ2v) is 6.68. The van der Waals surface area contributed by atoms with Crippen molar-refractivity contribution in [1.82, 2.24) is 4.98 Å². The van der Waals surface area contributed by atoms with Gasteiger partial charge in [0.1, 0.15) is 27.6 Å². The van der Waals surface area contributed by atoms with Crippen LogP contribution < -0.4 is 5.32 Å². The molecule has 6 heteroatoms. The Balaban J connectivity index is 2.05. The molecule has 1 aromatic heterocycles. The van der Waals surface area contributed by atoms with Gasteiger partial charge in [-0.15, -0.1) is 0 Å². The first kappa shape index (κ1) is 18.5. The molecule has 0 saturated heterocycles. The van der Waals surface area contributed by atoms with E-state index >= 15 is 0 Å². The summed E-state index contributed by atoms with van der Waals surface area (Å²) in [5, 5.41) is 13.5. The van der Waals surface area contributed by atoms with E-state index in [1.54, 1.807) is 25.1 Å². The summed E-state index contributed by atoms with van der Waals surface area (Å²) in [6.07, 6.45) is 2.00. The molecule has 27 heavy (non-hydrogen) atoms. The molecule has 3 aromatic rings. The van der Waals surface area contributed by atoms with Crippen LogP contribution in [-0.2, 0) is 4.79 Å². The number of carbonyl (C=O) groups excluding carboxylic acids is 1. The zero-order valence-electron chi connectivity index (χ0n) is 14.6. The Morgan fingerprint density at radius 2 is 1.93 bits per heavy atom. The van der Waals surface area contributed by atoms with Crippen LogP contribution in [0.4, 0.5) is 9.39 Å². The summed E-state index contributed by atoms with van der Waals surface area (Å²) in [5.41, 5.74) is 2.52. The number of benzene rings is 2. The lowest BCUT2D eigenvalue weighted by Gasteiger charge is -2.03. The van der Waals surface area contributed by atoms with Crippen molar-refractivity contribution in [3.63, 3.8) is 0 Å². The number of nitriles is 1. The molecule has 0 aliphatic heterocycles. The summed E-state index contributed by atoms with van der Waals surface area (Å²) in [7, 11) is 0. The van der Waals surface area contributed by atoms with Gasteiger partial charge in [0.15, 0.2) is 0 Å². The monoisotopic (exact) mass is 377 g/mol. The lowest BCUT2D eigenvalue weighted by Crippen LogP contribution is -2.08. The molecule has 1 amide bonds. The highest BCUT2D eigenvalue weighted by Gasteiger charge is 2.17. The van der Waals surface area contributed by atoms with Crippen molar-refractivity contribution in [3.05, 3.63) is 71.0 Å². The minimum absolute atomic E-state index is 0.122. The predicted molar refractivity (Wildman–Crippen MR) is 106 cm³/mol. The van der Waals surface area contributed by atoms with Gasteiger partial charge in [0, 0.05) is 12.0 Å². The summed E-state index contributed by atoms with van der Waals surface area (Å²) in [6.45, 7) is 1.77. The summed E-state index contributed by atoms with van der Waals surface area (Å²) in [6, 6.07) is 17.5. The van der Waals surface area contributed by atoms with E-state index in [1.807, 2.05) is 30.3 Å². The molecule has 3 rings (SSSR count). The molecule has 134 valence electrons. The van der Waals surface area contributed by atoms with Crippen LogP contribution in [0, 0.1) is 17.1 Å². The smallest absolute Gasteiger partial charge is 0.224 e. The number of nitrogens with one attached hydrogen (secondary N) is 1. The van der Waals surface area contributed by atoms with Crippen molar-refractivity contribution < 1.29 is 9.18 Å². The number of rotatable bonds is 5. The fourth-order valence-electron chi connectivity index (χ4n) is 2.39. The first-order valence-corrected chi connectivity index (χ1v) is 9.16. The van der Waals surface area contributed by atoms with Gasteiger partial charge < -0.3 is 5.32 Å². The Kier molecular flexibility index (Phi) is 5.74. The van der Waals surface area contributed by atoms with Crippen LogP contribution in [0.3, 0.4) is 0 Å². The first-order chi connectivity index (χ1) is 13.1. The average molecular weight is 377 g/mol. The predicted octanol–water partition coefficient (Wildman–Crippen LogP) is 5.36. The number of aromatic nitrogens is 1. The molecule has 0 spiro atoms. The van der Waals surface area contributed by atoms with Crippen LogP contribution in [0.25, 0.3) is 22.9 Å². The Morgan fingerprint density at radius 3 is 2.56 bits per heavy atom. The van der Waals surface area contributed by atoms with Crippen molar-refractivity contribution in [2.75, 3.05) is 5.32 Å². The summed E-state index contributed by atoms with van der Waals surface area (Å²) >= 11 is 1.25. The highest BCUT2D eigenvalue weighted by molar-refractivity contribution is 7.17. The van der Waals surface area contributed by atoms with Gasteiger partial charge in [-0.05, 0) is 23.8 Å². The van der Waals surface area contributed by atoms with Crippen molar-refractivity contribution in [2.45, 2.75) is 13.3 Å². The standard InChI is InChI=1S/C21H16FN3OS/c1-2-18(26)24-21-19(15-6-4-3-5-7-15)25-20(27-21)16(13-23)12-14-8-10-17(22)11-9-14/h3-12H,2H2,1H3,(H,24,26)/b16-12+.